The van der Waals surface area contributed by atoms with Crippen LogP contribution in [0.4, 0.5) is 5.69 Å². The van der Waals surface area contributed by atoms with Crippen molar-refractivity contribution in [2.24, 2.45) is 5.92 Å². The van der Waals surface area contributed by atoms with E-state index in [1.807, 2.05) is 32.0 Å². The van der Waals surface area contributed by atoms with E-state index in [1.54, 1.807) is 4.90 Å². The molecule has 1 aliphatic heterocycles. The molecule has 0 bridgehead atoms. The van der Waals surface area contributed by atoms with Crippen LogP contribution < -0.4 is 10.2 Å². The highest BCUT2D eigenvalue weighted by atomic mass is 16.2. The molecule has 120 valence electrons. The van der Waals surface area contributed by atoms with E-state index in [-0.39, 0.29) is 23.8 Å². The fraction of sp³-hybridized carbons (Fsp3) is 0.556. The van der Waals surface area contributed by atoms with E-state index in [4.69, 9.17) is 0 Å². The van der Waals surface area contributed by atoms with Crippen LogP contribution in [0.5, 0.6) is 0 Å². The molecule has 1 aliphatic rings. The van der Waals surface area contributed by atoms with Gasteiger partial charge in [0.05, 0.1) is 5.92 Å². The first kappa shape index (κ1) is 16.5. The summed E-state index contributed by atoms with van der Waals surface area (Å²) >= 11 is 0. The summed E-state index contributed by atoms with van der Waals surface area (Å²) in [4.78, 5) is 26.4. The maximum atomic E-state index is 12.4. The summed E-state index contributed by atoms with van der Waals surface area (Å²) in [7, 11) is 0. The highest BCUT2D eigenvalue weighted by Gasteiger charge is 2.36. The Balaban J connectivity index is 2.11. The largest absolute Gasteiger partial charge is 0.353 e. The van der Waals surface area contributed by atoms with Gasteiger partial charge in [-0.15, -0.1) is 0 Å². The van der Waals surface area contributed by atoms with Crippen LogP contribution in [0.25, 0.3) is 0 Å². The Hall–Kier alpha value is -1.84. The first-order valence-corrected chi connectivity index (χ1v) is 8.14. The first-order valence-electron chi connectivity index (χ1n) is 8.14. The fourth-order valence-corrected chi connectivity index (χ4v) is 2.96. The van der Waals surface area contributed by atoms with Crippen LogP contribution in [0.2, 0.25) is 0 Å². The number of hydrogen-bond acceptors (Lipinski definition) is 2. The van der Waals surface area contributed by atoms with E-state index < -0.39 is 0 Å². The van der Waals surface area contributed by atoms with E-state index in [0.717, 1.165) is 29.7 Å². The average molecular weight is 302 g/mol. The number of rotatable bonds is 5. The highest BCUT2D eigenvalue weighted by Crippen LogP contribution is 2.29. The maximum absolute atomic E-state index is 12.4. The summed E-state index contributed by atoms with van der Waals surface area (Å²) in [6, 6.07) is 6.16. The molecule has 22 heavy (non-hydrogen) atoms. The van der Waals surface area contributed by atoms with Crippen LogP contribution in [0.3, 0.4) is 0 Å². The second kappa shape index (κ2) is 6.95. The molecule has 1 atom stereocenters. The zero-order valence-corrected chi connectivity index (χ0v) is 14.0. The average Bonchev–Trinajstić information content (AvgIpc) is 2.89. The summed E-state index contributed by atoms with van der Waals surface area (Å²) in [5, 5.41) is 3.06. The fourth-order valence-electron chi connectivity index (χ4n) is 2.96. The predicted octanol–water partition coefficient (Wildman–Crippen LogP) is 2.96. The second-order valence-electron chi connectivity index (χ2n) is 6.15. The van der Waals surface area contributed by atoms with Gasteiger partial charge in [-0.3, -0.25) is 9.59 Å². The highest BCUT2D eigenvalue weighted by molar-refractivity contribution is 6.00. The van der Waals surface area contributed by atoms with Crippen molar-refractivity contribution < 1.29 is 9.59 Å². The number of nitrogens with zero attached hydrogens (tertiary/aromatic N) is 1. The Bertz CT molecular complexity index is 564. The maximum Gasteiger partial charge on any atom is 0.227 e. The van der Waals surface area contributed by atoms with Gasteiger partial charge in [0.1, 0.15) is 0 Å². The lowest BCUT2D eigenvalue weighted by Gasteiger charge is -2.21. The molecule has 0 aromatic heterocycles. The van der Waals surface area contributed by atoms with Gasteiger partial charge in [0.25, 0.3) is 0 Å². The van der Waals surface area contributed by atoms with Crippen molar-refractivity contribution in [2.45, 2.75) is 53.0 Å². The number of carbonyl (C=O) groups excluding carboxylic acids is 2. The van der Waals surface area contributed by atoms with Crippen molar-refractivity contribution in [1.29, 1.82) is 0 Å². The van der Waals surface area contributed by atoms with Crippen LogP contribution >= 0.6 is 0 Å². The molecule has 1 aromatic rings. The summed E-state index contributed by atoms with van der Waals surface area (Å²) in [5.41, 5.74) is 3.20. The third-order valence-corrected chi connectivity index (χ3v) is 4.69. The van der Waals surface area contributed by atoms with Gasteiger partial charge in [0.2, 0.25) is 11.8 Å². The van der Waals surface area contributed by atoms with E-state index in [9.17, 15) is 9.59 Å². The van der Waals surface area contributed by atoms with Gasteiger partial charge in [-0.1, -0.05) is 26.0 Å². The molecular formula is C18H26N2O2. The van der Waals surface area contributed by atoms with E-state index in [0.29, 0.717) is 13.0 Å². The SMILES string of the molecule is CCC(CC)NC(=O)C1CC(=O)N(c2cccc(C)c2C)C1. The molecule has 1 heterocycles. The zero-order chi connectivity index (χ0) is 16.3. The monoisotopic (exact) mass is 302 g/mol. The number of amides is 2. The summed E-state index contributed by atoms with van der Waals surface area (Å²) < 4.78 is 0. The molecule has 0 saturated carbocycles. The molecule has 1 aromatic carbocycles. The van der Waals surface area contributed by atoms with Gasteiger partial charge >= 0.3 is 0 Å². The molecule has 0 aliphatic carbocycles. The van der Waals surface area contributed by atoms with Crippen molar-refractivity contribution in [2.75, 3.05) is 11.4 Å². The Morgan fingerprint density at radius 1 is 1.32 bits per heavy atom. The molecular weight excluding hydrogens is 276 g/mol. The summed E-state index contributed by atoms with van der Waals surface area (Å²) in [6.45, 7) is 8.68. The Morgan fingerprint density at radius 2 is 2.00 bits per heavy atom. The van der Waals surface area contributed by atoms with Crippen LogP contribution in [-0.2, 0) is 9.59 Å². The molecule has 1 unspecified atom stereocenters. The van der Waals surface area contributed by atoms with E-state index in [1.165, 1.54) is 0 Å². The number of benzene rings is 1. The Labute approximate surface area is 132 Å². The lowest BCUT2D eigenvalue weighted by molar-refractivity contribution is -0.127. The number of nitrogens with one attached hydrogen (secondary N) is 1. The standard InChI is InChI=1S/C18H26N2O2/c1-5-15(6-2)19-18(22)14-10-17(21)20(11-14)16-9-7-8-12(3)13(16)4/h7-9,14-15H,5-6,10-11H2,1-4H3,(H,19,22). The van der Waals surface area contributed by atoms with Gasteiger partial charge in [0, 0.05) is 24.7 Å². The smallest absolute Gasteiger partial charge is 0.227 e. The Kier molecular flexibility index (Phi) is 5.22. The molecule has 1 fully saturated rings. The minimum absolute atomic E-state index is 0.00913. The molecule has 1 N–H and O–H groups in total. The van der Waals surface area contributed by atoms with Crippen LogP contribution in [0, 0.1) is 19.8 Å². The quantitative estimate of drug-likeness (QED) is 0.909. The molecule has 4 heteroatoms. The van der Waals surface area contributed by atoms with Crippen molar-refractivity contribution in [3.63, 3.8) is 0 Å². The Morgan fingerprint density at radius 3 is 2.64 bits per heavy atom. The van der Waals surface area contributed by atoms with Gasteiger partial charge in [-0.2, -0.15) is 0 Å². The van der Waals surface area contributed by atoms with Crippen molar-refractivity contribution in [3.05, 3.63) is 29.3 Å². The number of anilines is 1. The van der Waals surface area contributed by atoms with E-state index in [2.05, 4.69) is 19.2 Å². The second-order valence-corrected chi connectivity index (χ2v) is 6.15. The van der Waals surface area contributed by atoms with Gasteiger partial charge in [-0.25, -0.2) is 0 Å². The summed E-state index contributed by atoms with van der Waals surface area (Å²) in [6.07, 6.45) is 2.15. The molecule has 4 nitrogen and oxygen atoms in total. The van der Waals surface area contributed by atoms with E-state index >= 15 is 0 Å². The molecule has 2 amide bonds. The van der Waals surface area contributed by atoms with Crippen LogP contribution in [0.1, 0.15) is 44.2 Å². The minimum atomic E-state index is -0.243. The van der Waals surface area contributed by atoms with Crippen molar-refractivity contribution in [1.82, 2.24) is 5.32 Å². The van der Waals surface area contributed by atoms with Gasteiger partial charge in [-0.05, 0) is 43.9 Å². The minimum Gasteiger partial charge on any atom is -0.353 e. The van der Waals surface area contributed by atoms with Gasteiger partial charge in [0.15, 0.2) is 0 Å². The van der Waals surface area contributed by atoms with Gasteiger partial charge < -0.3 is 10.2 Å². The van der Waals surface area contributed by atoms with Crippen LogP contribution in [-0.4, -0.2) is 24.4 Å². The first-order chi connectivity index (χ1) is 10.5. The molecule has 2 rings (SSSR count). The van der Waals surface area contributed by atoms with Crippen LogP contribution in [0.15, 0.2) is 18.2 Å². The molecule has 0 radical (unpaired) electrons. The lowest BCUT2D eigenvalue weighted by Crippen LogP contribution is -2.39. The lowest BCUT2D eigenvalue weighted by atomic mass is 10.1. The number of hydrogen-bond donors (Lipinski definition) is 1. The predicted molar refractivity (Wildman–Crippen MR) is 88.9 cm³/mol. The normalized spacial score (nSPS) is 18.1. The van der Waals surface area contributed by atoms with Crippen molar-refractivity contribution in [3.8, 4) is 0 Å². The molecule has 0 spiro atoms. The molecule has 1 saturated heterocycles. The number of aryl methyl sites for hydroxylation is 1. The topological polar surface area (TPSA) is 49.4 Å². The van der Waals surface area contributed by atoms with Crippen molar-refractivity contribution >= 4 is 17.5 Å². The number of carbonyl (C=O) groups is 2. The zero-order valence-electron chi connectivity index (χ0n) is 14.0. The third kappa shape index (κ3) is 3.32. The third-order valence-electron chi connectivity index (χ3n) is 4.69. The summed E-state index contributed by atoms with van der Waals surface area (Å²) in [5.74, 6) is -0.193.